The highest BCUT2D eigenvalue weighted by Crippen LogP contribution is 2.17. The zero-order valence-corrected chi connectivity index (χ0v) is 19.2. The topological polar surface area (TPSA) is 36.0 Å². The van der Waals surface area contributed by atoms with Gasteiger partial charge >= 0.3 is 6.03 Å². The smallest absolute Gasteiger partial charge is 0.322 e. The van der Waals surface area contributed by atoms with E-state index in [-0.39, 0.29) is 6.03 Å². The molecule has 0 radical (unpaired) electrons. The number of urea groups is 1. The van der Waals surface area contributed by atoms with Gasteiger partial charge in [-0.1, -0.05) is 91.0 Å². The Labute approximate surface area is 197 Å². The molecule has 0 N–H and O–H groups in total. The molecule has 1 aliphatic heterocycles. The Hall–Kier alpha value is -3.15. The molecule has 1 aliphatic rings. The Morgan fingerprint density at radius 2 is 1.12 bits per heavy atom. The molecule has 5 heteroatoms. The third kappa shape index (κ3) is 7.17. The first-order valence-electron chi connectivity index (χ1n) is 11.7. The maximum atomic E-state index is 13.2. The van der Waals surface area contributed by atoms with Crippen LogP contribution in [0.3, 0.4) is 0 Å². The summed E-state index contributed by atoms with van der Waals surface area (Å²) in [7, 11) is 0. The third-order valence-corrected chi connectivity index (χ3v) is 5.84. The van der Waals surface area contributed by atoms with Gasteiger partial charge < -0.3 is 14.5 Å². The summed E-state index contributed by atoms with van der Waals surface area (Å²) < 4.78 is 5.83. The number of nitrogens with zero attached hydrogens (tertiary/aromatic N) is 3. The highest BCUT2D eigenvalue weighted by molar-refractivity contribution is 5.75. The Bertz CT molecular complexity index is 913. The Balaban J connectivity index is 1.30. The summed E-state index contributed by atoms with van der Waals surface area (Å²) >= 11 is 0. The van der Waals surface area contributed by atoms with E-state index in [0.29, 0.717) is 33.0 Å². The van der Waals surface area contributed by atoms with Crippen LogP contribution in [0.4, 0.5) is 4.79 Å². The van der Waals surface area contributed by atoms with Crippen LogP contribution in [0.1, 0.15) is 29.5 Å². The van der Waals surface area contributed by atoms with Crippen LogP contribution in [0.2, 0.25) is 0 Å². The Morgan fingerprint density at radius 3 is 1.64 bits per heavy atom. The number of ether oxygens (including phenoxy) is 1. The average Bonchev–Trinajstić information content (AvgIpc) is 2.86. The molecular formula is C28H33N3O2. The van der Waals surface area contributed by atoms with E-state index in [9.17, 15) is 4.79 Å². The van der Waals surface area contributed by atoms with Crippen molar-refractivity contribution in [3.63, 3.8) is 0 Å². The van der Waals surface area contributed by atoms with Gasteiger partial charge in [0.15, 0.2) is 0 Å². The number of hydrogen-bond donors (Lipinski definition) is 0. The summed E-state index contributed by atoms with van der Waals surface area (Å²) in [6.45, 7) is 4.92. The Kier molecular flexibility index (Phi) is 8.50. The molecule has 0 bridgehead atoms. The second-order valence-corrected chi connectivity index (χ2v) is 8.57. The van der Waals surface area contributed by atoms with Gasteiger partial charge in [0.05, 0.1) is 19.9 Å². The van der Waals surface area contributed by atoms with Gasteiger partial charge in [0.25, 0.3) is 0 Å². The van der Waals surface area contributed by atoms with Crippen molar-refractivity contribution in [2.24, 2.45) is 0 Å². The van der Waals surface area contributed by atoms with Crippen molar-refractivity contribution in [1.29, 1.82) is 0 Å². The molecule has 0 spiro atoms. The summed E-state index contributed by atoms with van der Waals surface area (Å²) in [5, 5.41) is 0. The first-order chi connectivity index (χ1) is 16.3. The molecule has 1 heterocycles. The van der Waals surface area contributed by atoms with Crippen LogP contribution >= 0.6 is 0 Å². The van der Waals surface area contributed by atoms with Crippen LogP contribution in [-0.2, 0) is 24.4 Å². The van der Waals surface area contributed by atoms with Crippen molar-refractivity contribution in [1.82, 2.24) is 14.7 Å². The van der Waals surface area contributed by atoms with Gasteiger partial charge in [0, 0.05) is 26.2 Å². The molecule has 5 nitrogen and oxygen atoms in total. The van der Waals surface area contributed by atoms with Crippen LogP contribution in [0.25, 0.3) is 0 Å². The van der Waals surface area contributed by atoms with E-state index < -0.39 is 0 Å². The summed E-state index contributed by atoms with van der Waals surface area (Å²) in [5.74, 6) is 0. The zero-order chi connectivity index (χ0) is 22.7. The number of benzene rings is 3. The van der Waals surface area contributed by atoms with E-state index in [4.69, 9.17) is 4.74 Å². The van der Waals surface area contributed by atoms with Crippen LogP contribution < -0.4 is 0 Å². The monoisotopic (exact) mass is 443 g/mol. The number of unbranched alkanes of at least 4 members (excludes halogenated alkanes) is 1. The summed E-state index contributed by atoms with van der Waals surface area (Å²) in [5.41, 5.74) is 3.52. The van der Waals surface area contributed by atoms with E-state index in [2.05, 4.69) is 41.3 Å². The molecule has 0 aromatic heterocycles. The van der Waals surface area contributed by atoms with E-state index in [1.165, 1.54) is 5.56 Å². The van der Waals surface area contributed by atoms with Crippen LogP contribution in [0, 0.1) is 0 Å². The van der Waals surface area contributed by atoms with Crippen molar-refractivity contribution in [2.45, 2.75) is 32.5 Å². The van der Waals surface area contributed by atoms with Gasteiger partial charge in [-0.2, -0.15) is 0 Å². The summed E-state index contributed by atoms with van der Waals surface area (Å²) in [4.78, 5) is 19.5. The summed E-state index contributed by atoms with van der Waals surface area (Å²) in [6, 6.07) is 30.8. The van der Waals surface area contributed by atoms with E-state index in [1.807, 2.05) is 64.4 Å². The van der Waals surface area contributed by atoms with Crippen LogP contribution in [0.15, 0.2) is 91.0 Å². The SMILES string of the molecule is O=C1N(Cc2ccccc2)CN(CCCCOCc2ccccc2)CN1Cc1ccccc1. The molecule has 3 aromatic carbocycles. The molecule has 0 aliphatic carbocycles. The van der Waals surface area contributed by atoms with Crippen molar-refractivity contribution < 1.29 is 9.53 Å². The maximum Gasteiger partial charge on any atom is 0.322 e. The highest BCUT2D eigenvalue weighted by Gasteiger charge is 2.30. The van der Waals surface area contributed by atoms with Gasteiger partial charge in [0.1, 0.15) is 0 Å². The van der Waals surface area contributed by atoms with Crippen molar-refractivity contribution in [3.8, 4) is 0 Å². The molecule has 33 heavy (non-hydrogen) atoms. The lowest BCUT2D eigenvalue weighted by Gasteiger charge is -2.42. The van der Waals surface area contributed by atoms with Crippen LogP contribution in [0.5, 0.6) is 0 Å². The normalized spacial score (nSPS) is 14.6. The number of carbonyl (C=O) groups is 1. The molecule has 0 saturated carbocycles. The molecule has 1 saturated heterocycles. The lowest BCUT2D eigenvalue weighted by Crippen LogP contribution is -2.57. The van der Waals surface area contributed by atoms with E-state index >= 15 is 0 Å². The fraction of sp³-hybridized carbons (Fsp3) is 0.321. The number of hydrogen-bond acceptors (Lipinski definition) is 3. The lowest BCUT2D eigenvalue weighted by atomic mass is 10.2. The number of rotatable bonds is 11. The van der Waals surface area contributed by atoms with Crippen molar-refractivity contribution >= 4 is 6.03 Å². The van der Waals surface area contributed by atoms with Gasteiger partial charge in [0.2, 0.25) is 0 Å². The molecule has 0 atom stereocenters. The van der Waals surface area contributed by atoms with Gasteiger partial charge in [-0.3, -0.25) is 4.90 Å². The standard InChI is InChI=1S/C28H33N3O2/c32-28-30(20-25-12-4-1-5-13-25)23-29(24-31(28)21-26-14-6-2-7-15-26)18-10-11-19-33-22-27-16-8-3-9-17-27/h1-9,12-17H,10-11,18-24H2. The largest absolute Gasteiger partial charge is 0.377 e. The molecular weight excluding hydrogens is 410 g/mol. The molecule has 172 valence electrons. The van der Waals surface area contributed by atoms with Gasteiger partial charge in [-0.05, 0) is 29.5 Å². The number of carbonyl (C=O) groups excluding carboxylic acids is 1. The van der Waals surface area contributed by atoms with E-state index in [0.717, 1.165) is 37.1 Å². The van der Waals surface area contributed by atoms with Crippen molar-refractivity contribution in [2.75, 3.05) is 26.5 Å². The molecule has 4 rings (SSSR count). The fourth-order valence-electron chi connectivity index (χ4n) is 4.14. The predicted molar refractivity (Wildman–Crippen MR) is 131 cm³/mol. The third-order valence-electron chi connectivity index (χ3n) is 5.84. The minimum atomic E-state index is 0.102. The quantitative estimate of drug-likeness (QED) is 0.376. The first kappa shape index (κ1) is 23.0. The summed E-state index contributed by atoms with van der Waals surface area (Å²) in [6.07, 6.45) is 2.05. The van der Waals surface area contributed by atoms with E-state index in [1.54, 1.807) is 0 Å². The Morgan fingerprint density at radius 1 is 0.636 bits per heavy atom. The second-order valence-electron chi connectivity index (χ2n) is 8.57. The molecule has 2 amide bonds. The minimum absolute atomic E-state index is 0.102. The number of amides is 2. The van der Waals surface area contributed by atoms with Gasteiger partial charge in [-0.25, -0.2) is 4.79 Å². The maximum absolute atomic E-state index is 13.2. The predicted octanol–water partition coefficient (Wildman–Crippen LogP) is 5.34. The molecule has 3 aromatic rings. The fourth-order valence-corrected chi connectivity index (χ4v) is 4.14. The first-order valence-corrected chi connectivity index (χ1v) is 11.7. The zero-order valence-electron chi connectivity index (χ0n) is 19.2. The van der Waals surface area contributed by atoms with Gasteiger partial charge in [-0.15, -0.1) is 0 Å². The second kappa shape index (κ2) is 12.2. The highest BCUT2D eigenvalue weighted by atomic mass is 16.5. The molecule has 1 fully saturated rings. The molecule has 0 unspecified atom stereocenters. The van der Waals surface area contributed by atoms with Crippen molar-refractivity contribution in [3.05, 3.63) is 108 Å². The minimum Gasteiger partial charge on any atom is -0.377 e. The lowest BCUT2D eigenvalue weighted by molar-refractivity contribution is 0.0241. The van der Waals surface area contributed by atoms with Crippen LogP contribution in [-0.4, -0.2) is 47.2 Å². The average molecular weight is 444 g/mol.